The lowest BCUT2D eigenvalue weighted by Gasteiger charge is -2.31. The molecule has 0 aliphatic heterocycles. The number of ketones is 1. The van der Waals surface area contributed by atoms with Gasteiger partial charge in [-0.2, -0.15) is 0 Å². The Labute approximate surface area is 126 Å². The van der Waals surface area contributed by atoms with Crippen molar-refractivity contribution < 1.29 is 9.90 Å². The molecule has 3 heteroatoms. The Balaban J connectivity index is 2.50. The van der Waals surface area contributed by atoms with Crippen LogP contribution in [0.2, 0.25) is 0 Å². The molecule has 0 amide bonds. The van der Waals surface area contributed by atoms with Gasteiger partial charge in [-0.05, 0) is 18.3 Å². The van der Waals surface area contributed by atoms with Crippen LogP contribution in [-0.4, -0.2) is 23.1 Å². The van der Waals surface area contributed by atoms with E-state index in [1.807, 2.05) is 30.3 Å². The fourth-order valence-electron chi connectivity index (χ4n) is 2.68. The summed E-state index contributed by atoms with van der Waals surface area (Å²) >= 11 is 0. The average Bonchev–Trinajstić information content (AvgIpc) is 2.44. The van der Waals surface area contributed by atoms with E-state index < -0.39 is 0 Å². The summed E-state index contributed by atoms with van der Waals surface area (Å²) in [7, 11) is 0. The van der Waals surface area contributed by atoms with Crippen LogP contribution in [0.15, 0.2) is 40.9 Å². The molecule has 0 aromatic heterocycles. The average molecular weight is 285 g/mol. The van der Waals surface area contributed by atoms with Crippen LogP contribution in [0.1, 0.15) is 45.6 Å². The van der Waals surface area contributed by atoms with Gasteiger partial charge in [-0.15, -0.1) is 0 Å². The molecule has 21 heavy (non-hydrogen) atoms. The van der Waals surface area contributed by atoms with E-state index in [0.717, 1.165) is 18.6 Å². The first-order valence-corrected chi connectivity index (χ1v) is 7.50. The van der Waals surface area contributed by atoms with Gasteiger partial charge in [0.05, 0.1) is 5.57 Å². The maximum Gasteiger partial charge on any atom is 0.168 e. The van der Waals surface area contributed by atoms with Crippen molar-refractivity contribution in [2.45, 2.75) is 40.0 Å². The van der Waals surface area contributed by atoms with E-state index >= 15 is 0 Å². The maximum absolute atomic E-state index is 12.5. The molecule has 1 fully saturated rings. The van der Waals surface area contributed by atoms with Gasteiger partial charge in [0.25, 0.3) is 0 Å². The van der Waals surface area contributed by atoms with Crippen molar-refractivity contribution in [1.29, 1.82) is 0 Å². The highest BCUT2D eigenvalue weighted by Crippen LogP contribution is 2.36. The largest absolute Gasteiger partial charge is 0.506 e. The lowest BCUT2D eigenvalue weighted by Crippen LogP contribution is -2.32. The molecule has 0 radical (unpaired) electrons. The monoisotopic (exact) mass is 285 g/mol. The first-order valence-electron chi connectivity index (χ1n) is 7.50. The molecule has 1 N–H and O–H groups in total. The van der Waals surface area contributed by atoms with Gasteiger partial charge >= 0.3 is 0 Å². The van der Waals surface area contributed by atoms with Gasteiger partial charge in [0.2, 0.25) is 0 Å². The van der Waals surface area contributed by atoms with Crippen LogP contribution in [0.5, 0.6) is 0 Å². The number of aliphatic imine (C=N–C) groups is 1. The molecule has 1 aliphatic carbocycles. The fourth-order valence-corrected chi connectivity index (χ4v) is 2.68. The molecular weight excluding hydrogens is 262 g/mol. The third kappa shape index (κ3) is 3.60. The molecule has 0 unspecified atom stereocenters. The Morgan fingerprint density at radius 3 is 2.52 bits per heavy atom. The summed E-state index contributed by atoms with van der Waals surface area (Å²) in [6.45, 7) is 6.88. The second kappa shape index (κ2) is 6.25. The van der Waals surface area contributed by atoms with Crippen LogP contribution < -0.4 is 0 Å². The van der Waals surface area contributed by atoms with Gasteiger partial charge in [-0.25, -0.2) is 0 Å². The van der Waals surface area contributed by atoms with Crippen molar-refractivity contribution in [2.24, 2.45) is 10.4 Å². The number of Topliss-reactive ketones (excluding diaryl/α,β-unsaturated/α-hetero) is 1. The summed E-state index contributed by atoms with van der Waals surface area (Å²) in [6, 6.07) is 9.22. The summed E-state index contributed by atoms with van der Waals surface area (Å²) in [5.41, 5.74) is 1.74. The van der Waals surface area contributed by atoms with Crippen LogP contribution in [0.4, 0.5) is 0 Å². The van der Waals surface area contributed by atoms with E-state index in [1.165, 1.54) is 0 Å². The first kappa shape index (κ1) is 15.5. The second-order valence-corrected chi connectivity index (χ2v) is 6.36. The Hall–Kier alpha value is -1.90. The molecule has 1 aromatic rings. The number of carbonyl (C=O) groups is 1. The van der Waals surface area contributed by atoms with E-state index in [4.69, 9.17) is 0 Å². The van der Waals surface area contributed by atoms with Crippen molar-refractivity contribution in [2.75, 3.05) is 6.54 Å². The van der Waals surface area contributed by atoms with Crippen LogP contribution >= 0.6 is 0 Å². The number of hydrogen-bond acceptors (Lipinski definition) is 3. The zero-order valence-electron chi connectivity index (χ0n) is 13.0. The minimum atomic E-state index is -0.0931. The third-order valence-corrected chi connectivity index (χ3v) is 3.66. The standard InChI is InChI=1S/C18H23NO2/c1-4-10-19-14-11-18(2,3)12-15(20)16(14)17(21)13-8-6-5-7-9-13/h5-9,21H,4,10-12H2,1-3H3. The molecule has 3 nitrogen and oxygen atoms in total. The maximum atomic E-state index is 12.5. The first-order chi connectivity index (χ1) is 9.94. The van der Waals surface area contributed by atoms with Crippen LogP contribution in [0, 0.1) is 5.41 Å². The molecule has 0 atom stereocenters. The topological polar surface area (TPSA) is 49.7 Å². The predicted molar refractivity (Wildman–Crippen MR) is 86.6 cm³/mol. The summed E-state index contributed by atoms with van der Waals surface area (Å²) in [5.74, 6) is 0.0495. The van der Waals surface area contributed by atoms with Crippen LogP contribution in [0.3, 0.4) is 0 Å². The highest BCUT2D eigenvalue weighted by molar-refractivity contribution is 6.28. The quantitative estimate of drug-likeness (QED) is 0.668. The molecule has 1 saturated carbocycles. The Morgan fingerprint density at radius 1 is 1.24 bits per heavy atom. The van der Waals surface area contributed by atoms with Crippen molar-refractivity contribution in [3.8, 4) is 0 Å². The molecule has 0 saturated heterocycles. The van der Waals surface area contributed by atoms with E-state index in [1.54, 1.807) is 0 Å². The SMILES string of the molecule is CCCN=C1CC(C)(C)CC(=O)C1=C(O)c1ccccc1. The highest BCUT2D eigenvalue weighted by atomic mass is 16.3. The molecule has 1 aliphatic rings. The second-order valence-electron chi connectivity index (χ2n) is 6.36. The molecule has 112 valence electrons. The third-order valence-electron chi connectivity index (χ3n) is 3.66. The Morgan fingerprint density at radius 2 is 1.90 bits per heavy atom. The molecular formula is C18H23NO2. The van der Waals surface area contributed by atoms with E-state index in [2.05, 4.69) is 25.8 Å². The number of carbonyl (C=O) groups excluding carboxylic acids is 1. The van der Waals surface area contributed by atoms with Gasteiger partial charge < -0.3 is 5.11 Å². The summed E-state index contributed by atoms with van der Waals surface area (Å²) in [6.07, 6.45) is 2.10. The minimum Gasteiger partial charge on any atom is -0.506 e. The highest BCUT2D eigenvalue weighted by Gasteiger charge is 2.36. The Kier molecular flexibility index (Phi) is 4.61. The summed E-state index contributed by atoms with van der Waals surface area (Å²) in [5, 5.41) is 10.5. The predicted octanol–water partition coefficient (Wildman–Crippen LogP) is 4.20. The molecule has 0 heterocycles. The van der Waals surface area contributed by atoms with Gasteiger partial charge in [-0.1, -0.05) is 51.1 Å². The lowest BCUT2D eigenvalue weighted by atomic mass is 9.73. The van der Waals surface area contributed by atoms with Crippen molar-refractivity contribution in [3.63, 3.8) is 0 Å². The number of nitrogens with zero attached hydrogens (tertiary/aromatic N) is 1. The van der Waals surface area contributed by atoms with Crippen LogP contribution in [0.25, 0.3) is 5.76 Å². The molecule has 0 bridgehead atoms. The van der Waals surface area contributed by atoms with Crippen molar-refractivity contribution >= 4 is 17.3 Å². The van der Waals surface area contributed by atoms with Gasteiger partial charge in [0.1, 0.15) is 5.76 Å². The number of benzene rings is 1. The number of allylic oxidation sites excluding steroid dienone is 1. The number of hydrogen-bond donors (Lipinski definition) is 1. The fraction of sp³-hybridized carbons (Fsp3) is 0.444. The van der Waals surface area contributed by atoms with Gasteiger partial charge in [0, 0.05) is 24.2 Å². The van der Waals surface area contributed by atoms with E-state index in [0.29, 0.717) is 24.1 Å². The lowest BCUT2D eigenvalue weighted by molar-refractivity contribution is -0.117. The molecule has 1 aromatic carbocycles. The van der Waals surface area contributed by atoms with Crippen LogP contribution in [-0.2, 0) is 4.79 Å². The van der Waals surface area contributed by atoms with Gasteiger partial charge in [-0.3, -0.25) is 9.79 Å². The Bertz CT molecular complexity index is 582. The van der Waals surface area contributed by atoms with Crippen molar-refractivity contribution in [1.82, 2.24) is 0 Å². The van der Waals surface area contributed by atoms with Gasteiger partial charge in [0.15, 0.2) is 5.78 Å². The minimum absolute atomic E-state index is 0.0116. The molecule has 2 rings (SSSR count). The number of aliphatic hydroxyl groups is 1. The van der Waals surface area contributed by atoms with Crippen molar-refractivity contribution in [3.05, 3.63) is 41.5 Å². The zero-order valence-corrected chi connectivity index (χ0v) is 13.0. The molecule has 0 spiro atoms. The van der Waals surface area contributed by atoms with E-state index in [-0.39, 0.29) is 17.0 Å². The number of aliphatic hydroxyl groups excluding tert-OH is 1. The summed E-state index contributed by atoms with van der Waals surface area (Å²) in [4.78, 5) is 17.1. The number of rotatable bonds is 3. The smallest absolute Gasteiger partial charge is 0.168 e. The summed E-state index contributed by atoms with van der Waals surface area (Å²) < 4.78 is 0. The normalized spacial score (nSPS) is 22.4. The zero-order chi connectivity index (χ0) is 15.5. The van der Waals surface area contributed by atoms with E-state index in [9.17, 15) is 9.90 Å².